The Hall–Kier alpha value is -0.550. The lowest BCUT2D eigenvalue weighted by molar-refractivity contribution is -0.0523. The Labute approximate surface area is 160 Å². The second kappa shape index (κ2) is 13.6. The molecule has 1 heterocycles. The van der Waals surface area contributed by atoms with Crippen LogP contribution in [0.25, 0.3) is 0 Å². The molecule has 1 aliphatic rings. The summed E-state index contributed by atoms with van der Waals surface area (Å²) < 4.78 is 29.1. The van der Waals surface area contributed by atoms with Gasteiger partial charge in [-0.25, -0.2) is 9.09 Å². The summed E-state index contributed by atoms with van der Waals surface area (Å²) in [6.07, 6.45) is 13.8. The first-order chi connectivity index (χ1) is 12.6. The molecule has 0 aliphatic carbocycles. The van der Waals surface area contributed by atoms with Crippen molar-refractivity contribution in [2.45, 2.75) is 85.4 Å². The Bertz CT molecular complexity index is 424. The molecule has 6 nitrogen and oxygen atoms in total. The van der Waals surface area contributed by atoms with Gasteiger partial charge in [0.2, 0.25) is 6.35 Å². The Kier molecular flexibility index (Phi) is 12.3. The molecular formula is C19H39N2O4P. The van der Waals surface area contributed by atoms with Crippen molar-refractivity contribution in [3.63, 3.8) is 0 Å². The Balaban J connectivity index is 2.43. The molecule has 1 aliphatic heterocycles. The minimum Gasteiger partial charge on any atom is -0.334 e. The average molecular weight is 391 g/mol. The highest BCUT2D eigenvalue weighted by Crippen LogP contribution is 2.51. The highest BCUT2D eigenvalue weighted by atomic mass is 31.2. The van der Waals surface area contributed by atoms with Crippen LogP contribution in [0, 0.1) is 0 Å². The van der Waals surface area contributed by atoms with E-state index in [0.717, 1.165) is 19.5 Å². The fraction of sp³-hybridized carbons (Fsp3) is 0.895. The number of hydrogen-bond donors (Lipinski definition) is 0. The van der Waals surface area contributed by atoms with Crippen molar-refractivity contribution in [2.24, 2.45) is 0 Å². The van der Waals surface area contributed by atoms with Crippen LogP contribution >= 0.6 is 7.82 Å². The summed E-state index contributed by atoms with van der Waals surface area (Å²) in [6, 6.07) is 0. The first kappa shape index (κ1) is 23.5. The molecule has 154 valence electrons. The maximum Gasteiger partial charge on any atom is 0.478 e. The van der Waals surface area contributed by atoms with E-state index in [2.05, 4.69) is 11.8 Å². The predicted octanol–water partition coefficient (Wildman–Crippen LogP) is 5.72. The highest BCUT2D eigenvalue weighted by Gasteiger charge is 2.36. The molecular weight excluding hydrogens is 351 g/mol. The molecule has 0 spiro atoms. The summed E-state index contributed by atoms with van der Waals surface area (Å²) >= 11 is 0. The maximum absolute atomic E-state index is 12.7. The van der Waals surface area contributed by atoms with Crippen molar-refractivity contribution in [3.8, 4) is 0 Å². The molecule has 0 amide bonds. The van der Waals surface area contributed by atoms with Crippen LogP contribution in [0.4, 0.5) is 0 Å². The van der Waals surface area contributed by atoms with Crippen LogP contribution in [0.15, 0.2) is 12.4 Å². The van der Waals surface area contributed by atoms with E-state index >= 15 is 0 Å². The van der Waals surface area contributed by atoms with Crippen LogP contribution in [-0.4, -0.2) is 42.5 Å². The molecule has 0 bridgehead atoms. The third-order valence-electron chi connectivity index (χ3n) is 4.45. The van der Waals surface area contributed by atoms with E-state index in [1.807, 2.05) is 24.2 Å². The molecule has 7 heteroatoms. The molecule has 1 rings (SSSR count). The van der Waals surface area contributed by atoms with Gasteiger partial charge < -0.3 is 9.80 Å². The topological polar surface area (TPSA) is 51.2 Å². The van der Waals surface area contributed by atoms with Gasteiger partial charge in [0.15, 0.2) is 0 Å². The molecule has 26 heavy (non-hydrogen) atoms. The van der Waals surface area contributed by atoms with Gasteiger partial charge >= 0.3 is 7.82 Å². The van der Waals surface area contributed by atoms with Crippen LogP contribution in [0.2, 0.25) is 0 Å². The fourth-order valence-electron chi connectivity index (χ4n) is 3.03. The van der Waals surface area contributed by atoms with E-state index in [1.54, 1.807) is 13.8 Å². The third-order valence-corrected chi connectivity index (χ3v) is 6.05. The van der Waals surface area contributed by atoms with Gasteiger partial charge in [0.05, 0.1) is 13.2 Å². The normalized spacial score (nSPS) is 17.5. The molecule has 1 unspecified atom stereocenters. The molecule has 1 atom stereocenters. The zero-order valence-electron chi connectivity index (χ0n) is 17.2. The number of rotatable bonds is 16. The molecule has 0 N–H and O–H groups in total. The summed E-state index contributed by atoms with van der Waals surface area (Å²) in [7, 11) is -3.54. The Morgan fingerprint density at radius 2 is 1.35 bits per heavy atom. The molecule has 0 radical (unpaired) electrons. The van der Waals surface area contributed by atoms with Crippen molar-refractivity contribution in [3.05, 3.63) is 12.4 Å². The second-order valence-corrected chi connectivity index (χ2v) is 8.18. The van der Waals surface area contributed by atoms with Gasteiger partial charge in [-0.2, -0.15) is 0 Å². The molecule has 0 fully saturated rings. The van der Waals surface area contributed by atoms with E-state index in [4.69, 9.17) is 13.6 Å². The summed E-state index contributed by atoms with van der Waals surface area (Å²) in [5, 5.41) is 0. The van der Waals surface area contributed by atoms with Crippen LogP contribution in [0.3, 0.4) is 0 Å². The molecule has 0 aromatic heterocycles. The number of phosphoric ester groups is 1. The van der Waals surface area contributed by atoms with Crippen LogP contribution in [0.1, 0.15) is 79.1 Å². The van der Waals surface area contributed by atoms with Crippen molar-refractivity contribution in [1.82, 2.24) is 9.80 Å². The largest absolute Gasteiger partial charge is 0.478 e. The van der Waals surface area contributed by atoms with Crippen LogP contribution in [-0.2, 0) is 18.1 Å². The molecule has 0 saturated carbocycles. The average Bonchev–Trinajstić information content (AvgIpc) is 2.99. The predicted molar refractivity (Wildman–Crippen MR) is 107 cm³/mol. The van der Waals surface area contributed by atoms with E-state index in [9.17, 15) is 4.57 Å². The minimum absolute atomic E-state index is 0.293. The molecule has 0 aromatic rings. The lowest BCUT2D eigenvalue weighted by atomic mass is 10.1. The van der Waals surface area contributed by atoms with E-state index in [1.165, 1.54) is 44.9 Å². The fourth-order valence-corrected chi connectivity index (χ4v) is 4.34. The minimum atomic E-state index is -3.54. The Morgan fingerprint density at radius 1 is 0.808 bits per heavy atom. The van der Waals surface area contributed by atoms with Gasteiger partial charge in [0.1, 0.15) is 0 Å². The number of unbranched alkanes of at least 4 members (excludes halogenated alkanes) is 7. The van der Waals surface area contributed by atoms with Gasteiger partial charge in [0, 0.05) is 25.5 Å². The second-order valence-electron chi connectivity index (χ2n) is 6.56. The van der Waals surface area contributed by atoms with Gasteiger partial charge in [-0.3, -0.25) is 9.05 Å². The van der Waals surface area contributed by atoms with Gasteiger partial charge in [-0.05, 0) is 27.2 Å². The monoisotopic (exact) mass is 390 g/mol. The first-order valence-electron chi connectivity index (χ1n) is 10.4. The van der Waals surface area contributed by atoms with Crippen molar-refractivity contribution >= 4 is 7.82 Å². The van der Waals surface area contributed by atoms with Gasteiger partial charge in [-0.1, -0.05) is 51.9 Å². The summed E-state index contributed by atoms with van der Waals surface area (Å²) in [6.45, 7) is 10.1. The van der Waals surface area contributed by atoms with Crippen molar-refractivity contribution < 1.29 is 18.1 Å². The lowest BCUT2D eigenvalue weighted by Crippen LogP contribution is -2.40. The van der Waals surface area contributed by atoms with Crippen molar-refractivity contribution in [2.75, 3.05) is 26.3 Å². The zero-order valence-corrected chi connectivity index (χ0v) is 18.1. The van der Waals surface area contributed by atoms with Gasteiger partial charge in [0.25, 0.3) is 0 Å². The number of hydrogen-bond acceptors (Lipinski definition) is 6. The van der Waals surface area contributed by atoms with Crippen LogP contribution in [0.5, 0.6) is 0 Å². The Morgan fingerprint density at radius 3 is 1.88 bits per heavy atom. The van der Waals surface area contributed by atoms with Crippen LogP contribution < -0.4 is 0 Å². The molecule has 0 aromatic carbocycles. The number of nitrogens with zero attached hydrogens (tertiary/aromatic N) is 2. The van der Waals surface area contributed by atoms with E-state index in [-0.39, 0.29) is 0 Å². The first-order valence-corrected chi connectivity index (χ1v) is 11.8. The maximum atomic E-state index is 12.7. The van der Waals surface area contributed by atoms with Crippen molar-refractivity contribution in [1.29, 1.82) is 0 Å². The summed E-state index contributed by atoms with van der Waals surface area (Å²) in [4.78, 5) is 4.10. The quantitative estimate of drug-likeness (QED) is 0.248. The third kappa shape index (κ3) is 8.43. The standard InChI is InChI=1S/C19H39N2O4P/c1-5-9-10-11-12-13-14-15-16-21-18-17-20(6-2)19(21)25-26(22,23-7-3)24-8-4/h17-19H,5-16H2,1-4H3. The summed E-state index contributed by atoms with van der Waals surface area (Å²) in [5.74, 6) is 0. The smallest absolute Gasteiger partial charge is 0.334 e. The molecule has 0 saturated heterocycles. The highest BCUT2D eigenvalue weighted by molar-refractivity contribution is 7.48. The van der Waals surface area contributed by atoms with E-state index in [0.29, 0.717) is 13.2 Å². The zero-order chi connectivity index (χ0) is 19.3. The lowest BCUT2D eigenvalue weighted by Gasteiger charge is -2.33. The summed E-state index contributed by atoms with van der Waals surface area (Å²) in [5.41, 5.74) is 0. The van der Waals surface area contributed by atoms with E-state index < -0.39 is 14.2 Å². The SMILES string of the molecule is CCCCCCCCCCN1C=CN(CC)C1OP(=O)(OCC)OCC. The van der Waals surface area contributed by atoms with Gasteiger partial charge in [-0.15, -0.1) is 0 Å². The number of phosphoric acid groups is 1.